The molecule has 0 fully saturated rings. The molecule has 3 N–H and O–H groups in total. The fraction of sp³-hybridized carbons (Fsp3) is 0.636. The number of hydrogen-bond acceptors (Lipinski definition) is 3. The second-order valence-electron chi connectivity index (χ2n) is 11.0. The Balaban J connectivity index is 5.19. The van der Waals surface area contributed by atoms with Crippen LogP contribution in [0.4, 0.5) is 0 Å². The van der Waals surface area contributed by atoms with E-state index in [4.69, 9.17) is 5.11 Å². The van der Waals surface area contributed by atoms with E-state index in [-0.39, 0.29) is 0 Å². The predicted molar refractivity (Wildman–Crippen MR) is 158 cm³/mol. The molecule has 0 aromatic carbocycles. The first-order valence-corrected chi connectivity index (χ1v) is 13.8. The van der Waals surface area contributed by atoms with Gasteiger partial charge in [-0.1, -0.05) is 69.9 Å². The van der Waals surface area contributed by atoms with Crippen LogP contribution >= 0.6 is 0 Å². The van der Waals surface area contributed by atoms with Crippen LogP contribution in [0.25, 0.3) is 0 Å². The lowest BCUT2D eigenvalue weighted by molar-refractivity contribution is -0.0121. The largest absolute Gasteiger partial charge is 0.394 e. The van der Waals surface area contributed by atoms with E-state index < -0.39 is 18.8 Å². The minimum absolute atomic E-state index is 0.368. The van der Waals surface area contributed by atoms with Crippen molar-refractivity contribution >= 4 is 0 Å². The number of aliphatic hydroxyl groups is 3. The Hall–Kier alpha value is -1.68. The van der Waals surface area contributed by atoms with Gasteiger partial charge in [0.15, 0.2) is 0 Å². The van der Waals surface area contributed by atoms with E-state index in [0.717, 1.165) is 51.4 Å². The molecule has 0 spiro atoms. The van der Waals surface area contributed by atoms with Gasteiger partial charge < -0.3 is 15.3 Å². The van der Waals surface area contributed by atoms with Gasteiger partial charge in [0.25, 0.3) is 0 Å². The van der Waals surface area contributed by atoms with Gasteiger partial charge >= 0.3 is 0 Å². The molecule has 36 heavy (non-hydrogen) atoms. The quantitative estimate of drug-likeness (QED) is 0.165. The Kier molecular flexibility index (Phi) is 19.4. The summed E-state index contributed by atoms with van der Waals surface area (Å²) in [6.07, 6.45) is 20.8. The van der Waals surface area contributed by atoms with Crippen LogP contribution in [0, 0.1) is 5.92 Å². The van der Waals surface area contributed by atoms with Crippen molar-refractivity contribution < 1.29 is 15.3 Å². The van der Waals surface area contributed by atoms with Crippen molar-refractivity contribution in [3.05, 3.63) is 69.9 Å². The molecule has 0 rings (SSSR count). The molecule has 0 saturated heterocycles. The predicted octanol–water partition coefficient (Wildman–Crippen LogP) is 8.55. The van der Waals surface area contributed by atoms with Crippen molar-refractivity contribution in [2.75, 3.05) is 6.61 Å². The molecule has 0 aliphatic rings. The van der Waals surface area contributed by atoms with Gasteiger partial charge in [-0.2, -0.15) is 0 Å². The molecule has 0 aromatic rings. The first kappa shape index (κ1) is 34.3. The summed E-state index contributed by atoms with van der Waals surface area (Å²) in [5.41, 5.74) is 8.35. The van der Waals surface area contributed by atoms with Crippen molar-refractivity contribution in [3.63, 3.8) is 0 Å². The number of hydrogen-bond donors (Lipinski definition) is 3. The summed E-state index contributed by atoms with van der Waals surface area (Å²) in [6, 6.07) is 0. The molecule has 3 heteroatoms. The first-order valence-electron chi connectivity index (χ1n) is 13.8. The van der Waals surface area contributed by atoms with Crippen molar-refractivity contribution in [2.45, 2.75) is 125 Å². The van der Waals surface area contributed by atoms with Gasteiger partial charge in [0, 0.05) is 0 Å². The Labute approximate surface area is 223 Å². The lowest BCUT2D eigenvalue weighted by Gasteiger charge is -2.16. The maximum absolute atomic E-state index is 9.84. The topological polar surface area (TPSA) is 60.7 Å². The molecule has 0 aliphatic heterocycles. The van der Waals surface area contributed by atoms with Gasteiger partial charge in [0.1, 0.15) is 6.10 Å². The number of rotatable bonds is 18. The monoisotopic (exact) mass is 500 g/mol. The van der Waals surface area contributed by atoms with Crippen LogP contribution in [0.1, 0.15) is 113 Å². The molecule has 0 heterocycles. The average molecular weight is 501 g/mol. The van der Waals surface area contributed by atoms with Crippen LogP contribution in [0.3, 0.4) is 0 Å². The van der Waals surface area contributed by atoms with Crippen LogP contribution < -0.4 is 0 Å². The summed E-state index contributed by atoms with van der Waals surface area (Å²) in [5, 5.41) is 28.3. The third kappa shape index (κ3) is 18.6. The SMILES string of the molecule is CC(C)=CCC/C(C)=C/CC(C/C=C(\C)CCC=C(C)C)/C(C)=C/CC/C(C)=C/CC(O)C(O)CO. The molecule has 0 saturated carbocycles. The van der Waals surface area contributed by atoms with E-state index >= 15 is 0 Å². The highest BCUT2D eigenvalue weighted by Crippen LogP contribution is 2.25. The molecular formula is C33H56O3. The summed E-state index contributed by atoms with van der Waals surface area (Å²) in [4.78, 5) is 0. The van der Waals surface area contributed by atoms with Crippen LogP contribution in [-0.2, 0) is 0 Å². The summed E-state index contributed by atoms with van der Waals surface area (Å²) in [7, 11) is 0. The van der Waals surface area contributed by atoms with E-state index in [1.54, 1.807) is 0 Å². The summed E-state index contributed by atoms with van der Waals surface area (Å²) >= 11 is 0. The molecule has 2 unspecified atom stereocenters. The van der Waals surface area contributed by atoms with Crippen LogP contribution in [0.5, 0.6) is 0 Å². The fourth-order valence-electron chi connectivity index (χ4n) is 3.93. The van der Waals surface area contributed by atoms with Crippen LogP contribution in [0.2, 0.25) is 0 Å². The molecule has 0 bridgehead atoms. The lowest BCUT2D eigenvalue weighted by Crippen LogP contribution is -2.28. The highest BCUT2D eigenvalue weighted by Gasteiger charge is 2.13. The fourth-order valence-corrected chi connectivity index (χ4v) is 3.93. The van der Waals surface area contributed by atoms with Gasteiger partial charge in [-0.25, -0.2) is 0 Å². The molecule has 3 nitrogen and oxygen atoms in total. The van der Waals surface area contributed by atoms with Crippen LogP contribution in [0.15, 0.2) is 69.9 Å². The van der Waals surface area contributed by atoms with Crippen molar-refractivity contribution in [2.24, 2.45) is 5.92 Å². The smallest absolute Gasteiger partial charge is 0.103 e. The van der Waals surface area contributed by atoms with E-state index in [1.807, 2.05) is 6.08 Å². The minimum atomic E-state index is -1.07. The third-order valence-electron chi connectivity index (χ3n) is 6.67. The van der Waals surface area contributed by atoms with Crippen molar-refractivity contribution in [1.29, 1.82) is 0 Å². The van der Waals surface area contributed by atoms with Gasteiger partial charge in [0.05, 0.1) is 12.7 Å². The molecule has 0 amide bonds. The van der Waals surface area contributed by atoms with Gasteiger partial charge in [-0.15, -0.1) is 0 Å². The van der Waals surface area contributed by atoms with E-state index in [0.29, 0.717) is 12.3 Å². The molecule has 206 valence electrons. The zero-order valence-electron chi connectivity index (χ0n) is 24.6. The molecule has 0 radical (unpaired) electrons. The number of allylic oxidation sites excluding steroid dienone is 11. The standard InChI is InChI=1S/C33H56O3/c1-25(2)12-9-14-27(5)18-21-31(22-19-28(6)15-10-13-26(3)4)30(8)17-11-16-29(7)20-23-32(35)33(36)24-34/h12-13,17-20,31-36H,9-11,14-16,21-24H2,1-8H3/b27-18+,28-19+,29-20+,30-17+. The normalized spacial score (nSPS) is 16.0. The van der Waals surface area contributed by atoms with Gasteiger partial charge in [-0.05, 0) is 119 Å². The van der Waals surface area contributed by atoms with Crippen molar-refractivity contribution in [1.82, 2.24) is 0 Å². The summed E-state index contributed by atoms with van der Waals surface area (Å²) in [5.74, 6) is 0.507. The van der Waals surface area contributed by atoms with E-state index in [2.05, 4.69) is 85.8 Å². The second kappa shape index (κ2) is 20.4. The summed E-state index contributed by atoms with van der Waals surface area (Å²) in [6.45, 7) is 17.1. The second-order valence-corrected chi connectivity index (χ2v) is 11.0. The zero-order chi connectivity index (χ0) is 27.5. The Morgan fingerprint density at radius 2 is 0.917 bits per heavy atom. The average Bonchev–Trinajstić information content (AvgIpc) is 2.81. The molecule has 0 aliphatic carbocycles. The highest BCUT2D eigenvalue weighted by molar-refractivity contribution is 5.13. The molecular weight excluding hydrogens is 444 g/mol. The Bertz CT molecular complexity index is 744. The zero-order valence-corrected chi connectivity index (χ0v) is 24.6. The maximum Gasteiger partial charge on any atom is 0.103 e. The first-order chi connectivity index (χ1) is 17.0. The number of aliphatic hydroxyl groups excluding tert-OH is 3. The summed E-state index contributed by atoms with van der Waals surface area (Å²) < 4.78 is 0. The highest BCUT2D eigenvalue weighted by atomic mass is 16.4. The van der Waals surface area contributed by atoms with E-state index in [1.165, 1.54) is 33.4 Å². The van der Waals surface area contributed by atoms with Gasteiger partial charge in [0.2, 0.25) is 0 Å². The maximum atomic E-state index is 9.84. The Morgan fingerprint density at radius 1 is 0.528 bits per heavy atom. The minimum Gasteiger partial charge on any atom is -0.394 e. The molecule has 2 atom stereocenters. The van der Waals surface area contributed by atoms with Crippen LogP contribution in [-0.4, -0.2) is 34.1 Å². The lowest BCUT2D eigenvalue weighted by atomic mass is 9.89. The van der Waals surface area contributed by atoms with E-state index in [9.17, 15) is 10.2 Å². The van der Waals surface area contributed by atoms with Gasteiger partial charge in [-0.3, -0.25) is 0 Å². The third-order valence-corrected chi connectivity index (χ3v) is 6.67. The Morgan fingerprint density at radius 3 is 1.31 bits per heavy atom. The molecule has 0 aromatic heterocycles. The van der Waals surface area contributed by atoms with Crippen molar-refractivity contribution in [3.8, 4) is 0 Å².